The fourth-order valence-corrected chi connectivity index (χ4v) is 1.14. The van der Waals surface area contributed by atoms with Crippen LogP contribution < -0.4 is 10.6 Å². The highest BCUT2D eigenvalue weighted by molar-refractivity contribution is 5.82. The minimum Gasteiger partial charge on any atom is -0.481 e. The highest BCUT2D eigenvalue weighted by atomic mass is 19.3. The van der Waals surface area contributed by atoms with Crippen LogP contribution in [0.2, 0.25) is 0 Å². The SMILES string of the molecule is O=C(O)CCC(NC(=O)NCCOCC(F)F)C(=O)O. The van der Waals surface area contributed by atoms with Crippen molar-refractivity contribution < 1.29 is 38.1 Å². The number of hydrogen-bond acceptors (Lipinski definition) is 4. The summed E-state index contributed by atoms with van der Waals surface area (Å²) in [5, 5.41) is 21.4. The zero-order valence-corrected chi connectivity index (χ0v) is 10.5. The van der Waals surface area contributed by atoms with Gasteiger partial charge in [0.15, 0.2) is 0 Å². The summed E-state index contributed by atoms with van der Waals surface area (Å²) in [6.45, 7) is -0.978. The van der Waals surface area contributed by atoms with E-state index in [1.807, 2.05) is 0 Å². The average molecular weight is 298 g/mol. The van der Waals surface area contributed by atoms with E-state index in [0.29, 0.717) is 0 Å². The van der Waals surface area contributed by atoms with Crippen LogP contribution in [0.1, 0.15) is 12.8 Å². The lowest BCUT2D eigenvalue weighted by atomic mass is 10.1. The third kappa shape index (κ3) is 10.00. The van der Waals surface area contributed by atoms with E-state index < -0.39 is 43.5 Å². The summed E-state index contributed by atoms with van der Waals surface area (Å²) in [7, 11) is 0. The number of carbonyl (C=O) groups is 3. The highest BCUT2D eigenvalue weighted by Gasteiger charge is 2.20. The van der Waals surface area contributed by atoms with Crippen molar-refractivity contribution >= 4 is 18.0 Å². The summed E-state index contributed by atoms with van der Waals surface area (Å²) in [4.78, 5) is 32.3. The van der Waals surface area contributed by atoms with Crippen molar-refractivity contribution in [2.24, 2.45) is 0 Å². The van der Waals surface area contributed by atoms with E-state index >= 15 is 0 Å². The van der Waals surface area contributed by atoms with Gasteiger partial charge < -0.3 is 25.6 Å². The Balaban J connectivity index is 3.89. The van der Waals surface area contributed by atoms with Crippen molar-refractivity contribution in [2.75, 3.05) is 19.8 Å². The molecular weight excluding hydrogens is 282 g/mol. The first-order valence-electron chi connectivity index (χ1n) is 5.67. The fourth-order valence-electron chi connectivity index (χ4n) is 1.14. The predicted octanol–water partition coefficient (Wildman–Crippen LogP) is -0.115. The lowest BCUT2D eigenvalue weighted by Gasteiger charge is -2.14. The summed E-state index contributed by atoms with van der Waals surface area (Å²) in [6, 6.07) is -2.18. The molecule has 1 atom stereocenters. The standard InChI is InChI=1S/C10H16F2N2O6/c11-7(12)5-20-4-3-13-10(19)14-6(9(17)18)1-2-8(15)16/h6-7H,1-5H2,(H,15,16)(H,17,18)(H2,13,14,19). The molecule has 0 aromatic rings. The van der Waals surface area contributed by atoms with E-state index in [-0.39, 0.29) is 19.6 Å². The first kappa shape index (κ1) is 18.0. The fraction of sp³-hybridized carbons (Fsp3) is 0.700. The van der Waals surface area contributed by atoms with Gasteiger partial charge in [0.2, 0.25) is 0 Å². The molecule has 0 aromatic heterocycles. The molecule has 2 amide bonds. The summed E-state index contributed by atoms with van der Waals surface area (Å²) >= 11 is 0. The largest absolute Gasteiger partial charge is 0.481 e. The number of ether oxygens (including phenoxy) is 1. The second kappa shape index (κ2) is 9.89. The van der Waals surface area contributed by atoms with Crippen molar-refractivity contribution in [3.05, 3.63) is 0 Å². The van der Waals surface area contributed by atoms with Crippen LogP contribution in [-0.4, -0.2) is 60.4 Å². The monoisotopic (exact) mass is 298 g/mol. The van der Waals surface area contributed by atoms with Gasteiger partial charge in [-0.1, -0.05) is 0 Å². The quantitative estimate of drug-likeness (QED) is 0.417. The molecule has 0 spiro atoms. The van der Waals surface area contributed by atoms with Crippen LogP contribution in [0.5, 0.6) is 0 Å². The zero-order chi connectivity index (χ0) is 15.5. The van der Waals surface area contributed by atoms with Crippen LogP contribution in [0.4, 0.5) is 13.6 Å². The second-order valence-corrected chi connectivity index (χ2v) is 3.69. The maximum atomic E-state index is 11.7. The summed E-state index contributed by atoms with van der Waals surface area (Å²) < 4.78 is 27.9. The third-order valence-corrected chi connectivity index (χ3v) is 2.03. The summed E-state index contributed by atoms with van der Waals surface area (Å²) in [5.41, 5.74) is 0. The molecule has 0 heterocycles. The molecule has 0 fully saturated rings. The van der Waals surface area contributed by atoms with E-state index in [4.69, 9.17) is 10.2 Å². The lowest BCUT2D eigenvalue weighted by molar-refractivity contribution is -0.140. The van der Waals surface area contributed by atoms with Crippen molar-refractivity contribution in [1.82, 2.24) is 10.6 Å². The Kier molecular flexibility index (Phi) is 8.92. The number of nitrogens with one attached hydrogen (secondary N) is 2. The van der Waals surface area contributed by atoms with Gasteiger partial charge in [0, 0.05) is 13.0 Å². The Morgan fingerprint density at radius 1 is 1.20 bits per heavy atom. The predicted molar refractivity (Wildman–Crippen MR) is 61.7 cm³/mol. The van der Waals surface area contributed by atoms with Crippen LogP contribution in [0.15, 0.2) is 0 Å². The van der Waals surface area contributed by atoms with Crippen molar-refractivity contribution in [1.29, 1.82) is 0 Å². The summed E-state index contributed by atoms with van der Waals surface area (Å²) in [6.07, 6.45) is -3.27. The van der Waals surface area contributed by atoms with E-state index in [2.05, 4.69) is 15.4 Å². The number of carboxylic acids is 2. The van der Waals surface area contributed by atoms with Crippen LogP contribution in [0.3, 0.4) is 0 Å². The summed E-state index contributed by atoms with van der Waals surface area (Å²) in [5.74, 6) is -2.55. The topological polar surface area (TPSA) is 125 Å². The number of carbonyl (C=O) groups excluding carboxylic acids is 1. The van der Waals surface area contributed by atoms with Crippen molar-refractivity contribution in [3.8, 4) is 0 Å². The van der Waals surface area contributed by atoms with Gasteiger partial charge in [-0.05, 0) is 6.42 Å². The van der Waals surface area contributed by atoms with Gasteiger partial charge in [-0.25, -0.2) is 18.4 Å². The molecule has 8 nitrogen and oxygen atoms in total. The number of halogens is 2. The average Bonchev–Trinajstić information content (AvgIpc) is 2.32. The molecular formula is C10H16F2N2O6. The molecule has 0 aliphatic heterocycles. The molecule has 0 aliphatic carbocycles. The highest BCUT2D eigenvalue weighted by Crippen LogP contribution is 1.98. The van der Waals surface area contributed by atoms with Gasteiger partial charge in [0.1, 0.15) is 12.6 Å². The van der Waals surface area contributed by atoms with E-state index in [1.165, 1.54) is 0 Å². The van der Waals surface area contributed by atoms with Gasteiger partial charge in [-0.15, -0.1) is 0 Å². The maximum absolute atomic E-state index is 11.7. The van der Waals surface area contributed by atoms with Crippen molar-refractivity contribution in [2.45, 2.75) is 25.3 Å². The smallest absolute Gasteiger partial charge is 0.326 e. The molecule has 20 heavy (non-hydrogen) atoms. The Morgan fingerprint density at radius 2 is 1.85 bits per heavy atom. The van der Waals surface area contributed by atoms with Gasteiger partial charge in [0.05, 0.1) is 6.61 Å². The molecule has 0 bridgehead atoms. The molecule has 1 unspecified atom stereocenters. The van der Waals surface area contributed by atoms with E-state index in [1.54, 1.807) is 0 Å². The Labute approximate surface area is 113 Å². The molecule has 0 aliphatic rings. The van der Waals surface area contributed by atoms with Crippen molar-refractivity contribution in [3.63, 3.8) is 0 Å². The van der Waals surface area contributed by atoms with Gasteiger partial charge in [0.25, 0.3) is 6.43 Å². The number of urea groups is 1. The molecule has 0 rings (SSSR count). The Morgan fingerprint density at radius 3 is 2.35 bits per heavy atom. The number of amides is 2. The van der Waals surface area contributed by atoms with Crippen LogP contribution >= 0.6 is 0 Å². The maximum Gasteiger partial charge on any atom is 0.326 e. The number of carboxylic acid groups (broad SMARTS) is 2. The first-order chi connectivity index (χ1) is 9.32. The molecule has 10 heteroatoms. The number of hydrogen-bond donors (Lipinski definition) is 4. The van der Waals surface area contributed by atoms with Gasteiger partial charge in [-0.2, -0.15) is 0 Å². The molecule has 0 radical (unpaired) electrons. The lowest BCUT2D eigenvalue weighted by Crippen LogP contribution is -2.46. The Hall–Kier alpha value is -1.97. The van der Waals surface area contributed by atoms with E-state index in [0.717, 1.165) is 0 Å². The molecule has 0 aromatic carbocycles. The molecule has 0 saturated heterocycles. The molecule has 4 N–H and O–H groups in total. The minimum absolute atomic E-state index is 0.0795. The van der Waals surface area contributed by atoms with E-state index in [9.17, 15) is 23.2 Å². The van der Waals surface area contributed by atoms with Crippen LogP contribution in [0, 0.1) is 0 Å². The third-order valence-electron chi connectivity index (χ3n) is 2.03. The number of rotatable bonds is 10. The Bertz CT molecular complexity index is 340. The number of alkyl halides is 2. The minimum atomic E-state index is -2.60. The molecule has 116 valence electrons. The van der Waals surface area contributed by atoms with Crippen LogP contribution in [0.25, 0.3) is 0 Å². The molecule has 0 saturated carbocycles. The van der Waals surface area contributed by atoms with Crippen LogP contribution in [-0.2, 0) is 14.3 Å². The van der Waals surface area contributed by atoms with Gasteiger partial charge in [-0.3, -0.25) is 4.79 Å². The number of aliphatic carboxylic acids is 2. The second-order valence-electron chi connectivity index (χ2n) is 3.69. The zero-order valence-electron chi connectivity index (χ0n) is 10.5. The normalized spacial score (nSPS) is 11.9. The van der Waals surface area contributed by atoms with Gasteiger partial charge >= 0.3 is 18.0 Å². The first-order valence-corrected chi connectivity index (χ1v) is 5.67.